The monoisotopic (exact) mass is 474 g/mol. The predicted octanol–water partition coefficient (Wildman–Crippen LogP) is 4.18. The minimum Gasteiger partial charge on any atom is -0.481 e. The van der Waals surface area contributed by atoms with E-state index in [1.165, 1.54) is 11.1 Å². The standard InChI is InChI=1S/C28H30N2O5/c1-17-20(27(32)33)13-14-30(17)26(31)18-7-6-8-19(15-18)29-28(34)35-16-25-23-11-4-2-9-21(23)22-10-3-5-12-24(22)25/h2-6,8-12,17-20,25H,7,13-16H2,1H3,(H,29,34)(H,32,33). The van der Waals surface area contributed by atoms with Crippen LogP contribution < -0.4 is 5.32 Å². The van der Waals surface area contributed by atoms with Gasteiger partial charge in [0.15, 0.2) is 0 Å². The molecule has 2 aromatic rings. The number of allylic oxidation sites excluding steroid dienone is 1. The van der Waals surface area contributed by atoms with Crippen LogP contribution in [-0.2, 0) is 14.3 Å². The second-order valence-corrected chi connectivity index (χ2v) is 9.68. The van der Waals surface area contributed by atoms with Crippen molar-refractivity contribution >= 4 is 18.0 Å². The van der Waals surface area contributed by atoms with E-state index in [0.717, 1.165) is 11.1 Å². The van der Waals surface area contributed by atoms with Gasteiger partial charge in [-0.3, -0.25) is 9.59 Å². The Labute approximate surface area is 204 Å². The molecule has 0 saturated carbocycles. The van der Waals surface area contributed by atoms with Crippen molar-refractivity contribution in [2.24, 2.45) is 11.8 Å². The SMILES string of the molecule is CC1C(C(=O)O)CCN1C(=O)C1CC=CC(NC(=O)OCC2c3ccccc3-c3ccccc32)C1. The number of carboxylic acid groups (broad SMARTS) is 1. The number of ether oxygens (including phenoxy) is 1. The lowest BCUT2D eigenvalue weighted by Gasteiger charge is -2.31. The Hall–Kier alpha value is -3.61. The van der Waals surface area contributed by atoms with Gasteiger partial charge in [-0.25, -0.2) is 4.79 Å². The summed E-state index contributed by atoms with van der Waals surface area (Å²) in [7, 11) is 0. The maximum atomic E-state index is 13.1. The molecule has 0 spiro atoms. The highest BCUT2D eigenvalue weighted by molar-refractivity contribution is 5.82. The van der Waals surface area contributed by atoms with Crippen molar-refractivity contribution in [3.8, 4) is 11.1 Å². The molecule has 7 nitrogen and oxygen atoms in total. The van der Waals surface area contributed by atoms with Gasteiger partial charge in [0.05, 0.1) is 12.0 Å². The zero-order valence-corrected chi connectivity index (χ0v) is 19.7. The summed E-state index contributed by atoms with van der Waals surface area (Å²) in [4.78, 5) is 38.9. The van der Waals surface area contributed by atoms with E-state index in [1.54, 1.807) is 11.8 Å². The molecule has 4 unspecified atom stereocenters. The largest absolute Gasteiger partial charge is 0.481 e. The Morgan fingerprint density at radius 3 is 2.34 bits per heavy atom. The first-order chi connectivity index (χ1) is 16.9. The minimum absolute atomic E-state index is 0.0109. The van der Waals surface area contributed by atoms with Crippen molar-refractivity contribution in [3.63, 3.8) is 0 Å². The molecule has 2 aromatic carbocycles. The lowest BCUT2D eigenvalue weighted by molar-refractivity contribution is -0.143. The van der Waals surface area contributed by atoms with Crippen LogP contribution in [0, 0.1) is 11.8 Å². The van der Waals surface area contributed by atoms with Crippen molar-refractivity contribution in [1.82, 2.24) is 10.2 Å². The number of nitrogens with zero attached hydrogens (tertiary/aromatic N) is 1. The maximum absolute atomic E-state index is 13.1. The maximum Gasteiger partial charge on any atom is 0.407 e. The molecule has 3 aliphatic rings. The van der Waals surface area contributed by atoms with Crippen LogP contribution in [0.5, 0.6) is 0 Å². The molecule has 7 heteroatoms. The summed E-state index contributed by atoms with van der Waals surface area (Å²) in [6.07, 6.45) is 4.85. The van der Waals surface area contributed by atoms with Gasteiger partial charge in [-0.05, 0) is 48.4 Å². The lowest BCUT2D eigenvalue weighted by Crippen LogP contribution is -2.44. The molecule has 0 bridgehead atoms. The number of rotatable bonds is 5. The third kappa shape index (κ3) is 4.43. The van der Waals surface area contributed by atoms with Gasteiger partial charge in [-0.1, -0.05) is 60.7 Å². The first-order valence-corrected chi connectivity index (χ1v) is 12.3. The van der Waals surface area contributed by atoms with Gasteiger partial charge in [-0.15, -0.1) is 0 Å². The van der Waals surface area contributed by atoms with Crippen LogP contribution in [0.2, 0.25) is 0 Å². The molecule has 2 N–H and O–H groups in total. The van der Waals surface area contributed by atoms with Crippen LogP contribution >= 0.6 is 0 Å². The highest BCUT2D eigenvalue weighted by Gasteiger charge is 2.40. The molecule has 1 aliphatic heterocycles. The molecule has 182 valence electrons. The van der Waals surface area contributed by atoms with Crippen LogP contribution in [0.25, 0.3) is 11.1 Å². The fraction of sp³-hybridized carbons (Fsp3) is 0.393. The summed E-state index contributed by atoms with van der Waals surface area (Å²) in [5, 5.41) is 12.3. The summed E-state index contributed by atoms with van der Waals surface area (Å²) in [6, 6.07) is 15.8. The molecular weight excluding hydrogens is 444 g/mol. The second-order valence-electron chi connectivity index (χ2n) is 9.68. The van der Waals surface area contributed by atoms with Crippen molar-refractivity contribution in [2.75, 3.05) is 13.2 Å². The first kappa shape index (κ1) is 23.1. The smallest absolute Gasteiger partial charge is 0.407 e. The van der Waals surface area contributed by atoms with Crippen molar-refractivity contribution in [2.45, 2.75) is 44.2 Å². The van der Waals surface area contributed by atoms with Crippen LogP contribution in [0.1, 0.15) is 43.2 Å². The first-order valence-electron chi connectivity index (χ1n) is 12.3. The Kier molecular flexibility index (Phi) is 6.32. The number of hydrogen-bond acceptors (Lipinski definition) is 4. The van der Waals surface area contributed by atoms with E-state index in [2.05, 4.69) is 29.6 Å². The van der Waals surface area contributed by atoms with E-state index in [-0.39, 0.29) is 36.4 Å². The van der Waals surface area contributed by atoms with E-state index in [1.807, 2.05) is 36.4 Å². The van der Waals surface area contributed by atoms with Gasteiger partial charge < -0.3 is 20.1 Å². The summed E-state index contributed by atoms with van der Waals surface area (Å²) in [5.41, 5.74) is 4.66. The molecule has 2 aliphatic carbocycles. The van der Waals surface area contributed by atoms with Gasteiger partial charge in [-0.2, -0.15) is 0 Å². The molecule has 1 heterocycles. The van der Waals surface area contributed by atoms with Crippen molar-refractivity contribution < 1.29 is 24.2 Å². The number of fused-ring (bicyclic) bond motifs is 3. The topological polar surface area (TPSA) is 95.9 Å². The van der Waals surface area contributed by atoms with Gasteiger partial charge in [0.25, 0.3) is 0 Å². The van der Waals surface area contributed by atoms with E-state index >= 15 is 0 Å². The molecule has 2 amide bonds. The third-order valence-electron chi connectivity index (χ3n) is 7.68. The van der Waals surface area contributed by atoms with Crippen LogP contribution in [0.4, 0.5) is 4.79 Å². The van der Waals surface area contributed by atoms with E-state index < -0.39 is 18.0 Å². The summed E-state index contributed by atoms with van der Waals surface area (Å²) in [5.74, 6) is -1.71. The van der Waals surface area contributed by atoms with Gasteiger partial charge >= 0.3 is 12.1 Å². The zero-order chi connectivity index (χ0) is 24.5. The number of carboxylic acids is 1. The highest BCUT2D eigenvalue weighted by Crippen LogP contribution is 2.44. The molecule has 5 rings (SSSR count). The van der Waals surface area contributed by atoms with Crippen molar-refractivity contribution in [1.29, 1.82) is 0 Å². The molecule has 0 radical (unpaired) electrons. The summed E-state index contributed by atoms with van der Waals surface area (Å²) < 4.78 is 5.65. The predicted molar refractivity (Wildman–Crippen MR) is 131 cm³/mol. The number of carbonyl (C=O) groups is 3. The van der Waals surface area contributed by atoms with Gasteiger partial charge in [0, 0.05) is 24.4 Å². The quantitative estimate of drug-likeness (QED) is 0.634. The molecule has 1 saturated heterocycles. The van der Waals surface area contributed by atoms with Crippen LogP contribution in [0.15, 0.2) is 60.7 Å². The van der Waals surface area contributed by atoms with E-state index in [4.69, 9.17) is 4.74 Å². The number of amides is 2. The summed E-state index contributed by atoms with van der Waals surface area (Å²) in [6.45, 7) is 2.50. The number of aliphatic carboxylic acids is 1. The van der Waals surface area contributed by atoms with Crippen molar-refractivity contribution in [3.05, 3.63) is 71.8 Å². The minimum atomic E-state index is -0.855. The van der Waals surface area contributed by atoms with Crippen LogP contribution in [0.3, 0.4) is 0 Å². The third-order valence-corrected chi connectivity index (χ3v) is 7.68. The van der Waals surface area contributed by atoms with Gasteiger partial charge in [0.1, 0.15) is 6.61 Å². The molecule has 1 fully saturated rings. The van der Waals surface area contributed by atoms with E-state index in [9.17, 15) is 19.5 Å². The Bertz CT molecular complexity index is 1130. The fourth-order valence-corrected chi connectivity index (χ4v) is 5.80. The Morgan fingerprint density at radius 2 is 1.71 bits per heavy atom. The van der Waals surface area contributed by atoms with E-state index in [0.29, 0.717) is 25.8 Å². The fourth-order valence-electron chi connectivity index (χ4n) is 5.80. The molecule has 4 atom stereocenters. The lowest BCUT2D eigenvalue weighted by atomic mass is 9.89. The van der Waals surface area contributed by atoms with Crippen LogP contribution in [-0.4, -0.2) is 53.2 Å². The zero-order valence-electron chi connectivity index (χ0n) is 19.7. The number of nitrogens with one attached hydrogen (secondary N) is 1. The normalized spacial score (nSPS) is 25.1. The molecule has 0 aromatic heterocycles. The second kappa shape index (κ2) is 9.56. The number of carbonyl (C=O) groups excluding carboxylic acids is 2. The number of alkyl carbamates (subject to hydrolysis) is 1. The Morgan fingerprint density at radius 1 is 1.06 bits per heavy atom. The Balaban J connectivity index is 1.18. The number of benzene rings is 2. The summed E-state index contributed by atoms with van der Waals surface area (Å²) >= 11 is 0. The average Bonchev–Trinajstić information content (AvgIpc) is 3.40. The highest BCUT2D eigenvalue weighted by atomic mass is 16.5. The van der Waals surface area contributed by atoms with Gasteiger partial charge in [0.2, 0.25) is 5.91 Å². The average molecular weight is 475 g/mol. The molecule has 35 heavy (non-hydrogen) atoms. The number of likely N-dealkylation sites (tertiary alicyclic amines) is 1. The molecular formula is C28H30N2O5. The number of hydrogen-bond donors (Lipinski definition) is 2.